The fraction of sp³-hybridized carbons (Fsp3) is 0.455. The molecule has 0 atom stereocenters. The maximum atomic E-state index is 13.0. The molecule has 0 heterocycles. The molecule has 3 N–H and O–H groups in total. The zero-order valence-electron chi connectivity index (χ0n) is 9.09. The minimum atomic E-state index is -0.269. The summed E-state index contributed by atoms with van der Waals surface area (Å²) in [6.45, 7) is 5.12. The number of halogens is 1. The zero-order valence-corrected chi connectivity index (χ0v) is 9.90. The van der Waals surface area contributed by atoms with Gasteiger partial charge in [0.1, 0.15) is 5.82 Å². The summed E-state index contributed by atoms with van der Waals surface area (Å²) in [6.07, 6.45) is 0. The summed E-state index contributed by atoms with van der Waals surface area (Å²) in [6, 6.07) is 5.12. The highest BCUT2D eigenvalue weighted by molar-refractivity contribution is 7.99. The average molecular weight is 228 g/mol. The largest absolute Gasteiger partial charge is 0.399 e. The molecule has 0 aromatic heterocycles. The van der Waals surface area contributed by atoms with E-state index in [0.717, 1.165) is 17.2 Å². The van der Waals surface area contributed by atoms with Crippen LogP contribution in [-0.2, 0) is 0 Å². The third-order valence-corrected chi connectivity index (χ3v) is 2.79. The maximum absolute atomic E-state index is 13.0. The van der Waals surface area contributed by atoms with Crippen molar-refractivity contribution in [2.45, 2.75) is 24.8 Å². The van der Waals surface area contributed by atoms with E-state index in [-0.39, 0.29) is 5.82 Å². The van der Waals surface area contributed by atoms with Gasteiger partial charge in [0.2, 0.25) is 0 Å². The van der Waals surface area contributed by atoms with E-state index in [1.807, 2.05) is 0 Å². The third-order valence-electron chi connectivity index (χ3n) is 1.82. The van der Waals surface area contributed by atoms with Crippen LogP contribution in [0.4, 0.5) is 10.1 Å². The lowest BCUT2D eigenvalue weighted by molar-refractivity contribution is 0.615. The fourth-order valence-electron chi connectivity index (χ4n) is 1.18. The molecule has 0 aliphatic rings. The van der Waals surface area contributed by atoms with Gasteiger partial charge in [-0.05, 0) is 18.2 Å². The second-order valence-electron chi connectivity index (χ2n) is 3.68. The first kappa shape index (κ1) is 12.3. The molecule has 0 aliphatic heterocycles. The summed E-state index contributed by atoms with van der Waals surface area (Å²) < 4.78 is 13.0. The van der Waals surface area contributed by atoms with Gasteiger partial charge in [-0.2, -0.15) is 0 Å². The smallest absolute Gasteiger partial charge is 0.126 e. The predicted octanol–water partition coefficient (Wildman–Crippen LogP) is 2.50. The van der Waals surface area contributed by atoms with Crippen LogP contribution in [0.2, 0.25) is 0 Å². The van der Waals surface area contributed by atoms with Crippen LogP contribution in [0.1, 0.15) is 13.8 Å². The van der Waals surface area contributed by atoms with Crippen molar-refractivity contribution in [3.8, 4) is 0 Å². The molecule has 2 nitrogen and oxygen atoms in total. The molecule has 1 aromatic rings. The molecule has 0 radical (unpaired) electrons. The first-order chi connectivity index (χ1) is 7.08. The topological polar surface area (TPSA) is 38.0 Å². The van der Waals surface area contributed by atoms with Crippen molar-refractivity contribution in [3.63, 3.8) is 0 Å². The molecule has 84 valence electrons. The van der Waals surface area contributed by atoms with E-state index >= 15 is 0 Å². The van der Waals surface area contributed by atoms with Crippen molar-refractivity contribution in [1.29, 1.82) is 0 Å². The van der Waals surface area contributed by atoms with Crippen LogP contribution in [0.15, 0.2) is 23.1 Å². The monoisotopic (exact) mass is 228 g/mol. The molecule has 0 saturated heterocycles. The van der Waals surface area contributed by atoms with Crippen LogP contribution < -0.4 is 11.1 Å². The molecule has 0 fully saturated rings. The van der Waals surface area contributed by atoms with E-state index in [2.05, 4.69) is 19.2 Å². The Morgan fingerprint density at radius 1 is 1.40 bits per heavy atom. The summed E-state index contributed by atoms with van der Waals surface area (Å²) in [4.78, 5) is 0.887. The van der Waals surface area contributed by atoms with Crippen molar-refractivity contribution < 1.29 is 4.39 Å². The number of hydrogen-bond donors (Lipinski definition) is 2. The van der Waals surface area contributed by atoms with Gasteiger partial charge in [-0.1, -0.05) is 13.8 Å². The number of benzene rings is 1. The number of rotatable bonds is 5. The molecular weight excluding hydrogens is 211 g/mol. The second-order valence-corrected chi connectivity index (χ2v) is 4.85. The summed E-state index contributed by atoms with van der Waals surface area (Å²) in [5.74, 6) is 0.649. The first-order valence-electron chi connectivity index (χ1n) is 5.00. The Morgan fingerprint density at radius 3 is 2.73 bits per heavy atom. The Kier molecular flexibility index (Phi) is 4.91. The van der Waals surface area contributed by atoms with Crippen molar-refractivity contribution in [2.75, 3.05) is 18.0 Å². The van der Waals surface area contributed by atoms with Crippen molar-refractivity contribution in [1.82, 2.24) is 5.32 Å². The minimum Gasteiger partial charge on any atom is -0.399 e. The molecule has 0 amide bonds. The lowest BCUT2D eigenvalue weighted by atomic mass is 10.3. The highest BCUT2D eigenvalue weighted by atomic mass is 32.2. The van der Waals surface area contributed by atoms with Crippen LogP contribution in [0, 0.1) is 5.82 Å². The number of nitrogens with two attached hydrogens (primary N) is 1. The fourth-order valence-corrected chi connectivity index (χ4v) is 2.06. The summed E-state index contributed by atoms with van der Waals surface area (Å²) in [7, 11) is 0. The van der Waals surface area contributed by atoms with E-state index in [1.54, 1.807) is 17.8 Å². The Labute approximate surface area is 94.4 Å². The minimum absolute atomic E-state index is 0.269. The second kappa shape index (κ2) is 5.98. The van der Waals surface area contributed by atoms with Gasteiger partial charge < -0.3 is 11.1 Å². The van der Waals surface area contributed by atoms with Gasteiger partial charge in [0.15, 0.2) is 0 Å². The zero-order chi connectivity index (χ0) is 11.3. The lowest BCUT2D eigenvalue weighted by Crippen LogP contribution is -2.24. The van der Waals surface area contributed by atoms with Crippen LogP contribution in [0.5, 0.6) is 0 Å². The van der Waals surface area contributed by atoms with Gasteiger partial charge in [0.25, 0.3) is 0 Å². The standard InChI is InChI=1S/C11H17FN2S/c1-8(2)14-3-4-15-11-6-9(12)5-10(13)7-11/h5-8,14H,3-4,13H2,1-2H3. The molecular formula is C11H17FN2S. The van der Waals surface area contributed by atoms with Crippen molar-refractivity contribution in [3.05, 3.63) is 24.0 Å². The van der Waals surface area contributed by atoms with Crippen LogP contribution in [-0.4, -0.2) is 18.3 Å². The van der Waals surface area contributed by atoms with E-state index in [0.29, 0.717) is 11.7 Å². The van der Waals surface area contributed by atoms with Crippen LogP contribution in [0.25, 0.3) is 0 Å². The van der Waals surface area contributed by atoms with Gasteiger partial charge in [-0.25, -0.2) is 4.39 Å². The Bertz CT molecular complexity index is 295. The van der Waals surface area contributed by atoms with Crippen LogP contribution >= 0.6 is 11.8 Å². The lowest BCUT2D eigenvalue weighted by Gasteiger charge is -2.07. The van der Waals surface area contributed by atoms with Gasteiger partial charge in [0, 0.05) is 28.9 Å². The Hall–Kier alpha value is -0.740. The van der Waals surface area contributed by atoms with E-state index in [1.165, 1.54) is 12.1 Å². The van der Waals surface area contributed by atoms with E-state index in [9.17, 15) is 4.39 Å². The predicted molar refractivity (Wildman–Crippen MR) is 64.7 cm³/mol. The molecule has 0 spiro atoms. The molecule has 0 aliphatic carbocycles. The number of nitrogens with one attached hydrogen (secondary N) is 1. The quantitative estimate of drug-likeness (QED) is 0.462. The molecule has 15 heavy (non-hydrogen) atoms. The molecule has 0 saturated carbocycles. The molecule has 0 unspecified atom stereocenters. The highest BCUT2D eigenvalue weighted by Crippen LogP contribution is 2.21. The number of nitrogen functional groups attached to an aromatic ring is 1. The summed E-state index contributed by atoms with van der Waals surface area (Å²) in [5, 5.41) is 3.30. The summed E-state index contributed by atoms with van der Waals surface area (Å²) >= 11 is 1.61. The highest BCUT2D eigenvalue weighted by Gasteiger charge is 1.99. The van der Waals surface area contributed by atoms with Crippen LogP contribution in [0.3, 0.4) is 0 Å². The number of hydrogen-bond acceptors (Lipinski definition) is 3. The van der Waals surface area contributed by atoms with Crippen molar-refractivity contribution >= 4 is 17.4 Å². The molecule has 4 heteroatoms. The van der Waals surface area contributed by atoms with E-state index < -0.39 is 0 Å². The normalized spacial score (nSPS) is 10.9. The average Bonchev–Trinajstić information content (AvgIpc) is 2.10. The van der Waals surface area contributed by atoms with Crippen molar-refractivity contribution in [2.24, 2.45) is 0 Å². The SMILES string of the molecule is CC(C)NCCSc1cc(N)cc(F)c1. The molecule has 1 aromatic carbocycles. The summed E-state index contributed by atoms with van der Waals surface area (Å²) in [5.41, 5.74) is 6.02. The molecule has 0 bridgehead atoms. The Balaban J connectivity index is 2.37. The van der Waals surface area contributed by atoms with Gasteiger partial charge in [-0.15, -0.1) is 11.8 Å². The van der Waals surface area contributed by atoms with Gasteiger partial charge >= 0.3 is 0 Å². The number of thioether (sulfide) groups is 1. The van der Waals surface area contributed by atoms with E-state index in [4.69, 9.17) is 5.73 Å². The number of anilines is 1. The molecule has 1 rings (SSSR count). The maximum Gasteiger partial charge on any atom is 0.126 e. The first-order valence-corrected chi connectivity index (χ1v) is 5.99. The van der Waals surface area contributed by atoms with Gasteiger partial charge in [0.05, 0.1) is 0 Å². The van der Waals surface area contributed by atoms with Gasteiger partial charge in [-0.3, -0.25) is 0 Å². The third kappa shape index (κ3) is 5.04. The Morgan fingerprint density at radius 2 is 2.13 bits per heavy atom.